The number of nitrogens with two attached hydrogens (primary N) is 1. The lowest BCUT2D eigenvalue weighted by atomic mass is 10.1. The van der Waals surface area contributed by atoms with Gasteiger partial charge in [0.1, 0.15) is 5.82 Å². The first-order valence-electron chi connectivity index (χ1n) is 11.4. The van der Waals surface area contributed by atoms with Gasteiger partial charge < -0.3 is 25.5 Å². The van der Waals surface area contributed by atoms with Gasteiger partial charge in [0.2, 0.25) is 0 Å². The summed E-state index contributed by atoms with van der Waals surface area (Å²) in [6, 6.07) is 18.6. The fraction of sp³-hybridized carbons (Fsp3) is 0.154. The van der Waals surface area contributed by atoms with E-state index in [1.54, 1.807) is 24.4 Å². The normalized spacial score (nSPS) is 14.1. The Kier molecular flexibility index (Phi) is 4.95. The molecule has 3 aromatic heterocycles. The molecule has 0 spiro atoms. The van der Waals surface area contributed by atoms with E-state index in [4.69, 9.17) is 5.73 Å². The maximum absolute atomic E-state index is 13.2. The largest absolute Gasteiger partial charge is 0.396 e. The zero-order chi connectivity index (χ0) is 23.9. The van der Waals surface area contributed by atoms with Gasteiger partial charge in [-0.25, -0.2) is 9.97 Å². The van der Waals surface area contributed by atoms with Crippen molar-refractivity contribution in [3.63, 3.8) is 0 Å². The lowest BCUT2D eigenvalue weighted by Gasteiger charge is -2.35. The van der Waals surface area contributed by atoms with Crippen LogP contribution in [0.5, 0.6) is 0 Å². The Bertz CT molecular complexity index is 1620. The minimum Gasteiger partial charge on any atom is -0.396 e. The van der Waals surface area contributed by atoms with E-state index >= 15 is 0 Å². The highest BCUT2D eigenvalue weighted by molar-refractivity contribution is 6.04. The molecular formula is C26H23N7O2. The summed E-state index contributed by atoms with van der Waals surface area (Å²) < 4.78 is 0. The minimum absolute atomic E-state index is 0.0450. The van der Waals surface area contributed by atoms with Crippen molar-refractivity contribution in [2.75, 3.05) is 36.8 Å². The smallest absolute Gasteiger partial charge is 0.276 e. The fourth-order valence-corrected chi connectivity index (χ4v) is 4.59. The minimum atomic E-state index is -0.330. The van der Waals surface area contributed by atoms with Crippen molar-refractivity contribution < 1.29 is 4.79 Å². The summed E-state index contributed by atoms with van der Waals surface area (Å²) in [6.45, 7) is 2.66. The summed E-state index contributed by atoms with van der Waals surface area (Å²) in [4.78, 5) is 45.0. The van der Waals surface area contributed by atoms with Crippen LogP contribution in [0.4, 0.5) is 11.5 Å². The second kappa shape index (κ2) is 8.28. The standard InChI is InChI=1S/C26H23N7O2/c27-22-17-15-16(26(35)33-13-11-32(12-14-33)21-7-3-4-10-28-21)8-9-18(17)29-23(22)24-25(34)31-20-6-2-1-5-19(20)30-24/h1-10,15,29H,11-14,27H2,(H,31,34). The summed E-state index contributed by atoms with van der Waals surface area (Å²) in [5, 5.41) is 0.687. The van der Waals surface area contributed by atoms with Crippen LogP contribution in [0.15, 0.2) is 71.7 Å². The van der Waals surface area contributed by atoms with E-state index in [1.165, 1.54) is 0 Å². The van der Waals surface area contributed by atoms with Crippen LogP contribution in [0.25, 0.3) is 33.3 Å². The number of amides is 1. The highest BCUT2D eigenvalue weighted by atomic mass is 16.2. The van der Waals surface area contributed by atoms with Gasteiger partial charge in [-0.1, -0.05) is 18.2 Å². The van der Waals surface area contributed by atoms with Crippen LogP contribution in [0, 0.1) is 0 Å². The second-order valence-corrected chi connectivity index (χ2v) is 8.57. The molecule has 0 atom stereocenters. The Morgan fingerprint density at radius 1 is 0.914 bits per heavy atom. The first-order valence-corrected chi connectivity index (χ1v) is 11.4. The third-order valence-corrected chi connectivity index (χ3v) is 6.46. The van der Waals surface area contributed by atoms with E-state index in [0.29, 0.717) is 46.5 Å². The molecular weight excluding hydrogens is 442 g/mol. The van der Waals surface area contributed by atoms with E-state index in [1.807, 2.05) is 47.4 Å². The molecule has 9 heteroatoms. The molecule has 4 N–H and O–H groups in total. The number of nitrogens with zero attached hydrogens (tertiary/aromatic N) is 4. The molecule has 0 unspecified atom stereocenters. The Hall–Kier alpha value is -4.66. The number of pyridine rings is 1. The zero-order valence-corrected chi connectivity index (χ0v) is 18.9. The number of H-pyrrole nitrogens is 2. The molecule has 6 rings (SSSR count). The lowest BCUT2D eigenvalue weighted by molar-refractivity contribution is 0.0746. The van der Waals surface area contributed by atoms with Crippen LogP contribution in [0.1, 0.15) is 10.4 Å². The number of piperazine rings is 1. The molecule has 0 radical (unpaired) electrons. The summed E-state index contributed by atoms with van der Waals surface area (Å²) in [6.07, 6.45) is 1.78. The molecule has 1 aliphatic heterocycles. The monoisotopic (exact) mass is 465 g/mol. The summed E-state index contributed by atoms with van der Waals surface area (Å²) in [5.74, 6) is 0.877. The average Bonchev–Trinajstić information content (AvgIpc) is 3.24. The van der Waals surface area contributed by atoms with Crippen molar-refractivity contribution in [3.05, 3.63) is 82.8 Å². The molecule has 0 saturated carbocycles. The molecule has 2 aromatic carbocycles. The lowest BCUT2D eigenvalue weighted by Crippen LogP contribution is -2.49. The van der Waals surface area contributed by atoms with Crippen molar-refractivity contribution in [1.82, 2.24) is 24.8 Å². The van der Waals surface area contributed by atoms with Crippen molar-refractivity contribution in [2.45, 2.75) is 0 Å². The number of hydrogen-bond acceptors (Lipinski definition) is 6. The number of carbonyl (C=O) groups excluding carboxylic acids is 1. The van der Waals surface area contributed by atoms with Crippen LogP contribution >= 0.6 is 0 Å². The van der Waals surface area contributed by atoms with E-state index < -0.39 is 0 Å². The Morgan fingerprint density at radius 2 is 1.71 bits per heavy atom. The van der Waals surface area contributed by atoms with Crippen LogP contribution in [-0.4, -0.2) is 56.9 Å². The number of aromatic amines is 2. The maximum atomic E-state index is 13.2. The highest BCUT2D eigenvalue weighted by Crippen LogP contribution is 2.31. The van der Waals surface area contributed by atoms with Crippen molar-refractivity contribution >= 4 is 39.3 Å². The third-order valence-electron chi connectivity index (χ3n) is 6.46. The average molecular weight is 466 g/mol. The molecule has 0 bridgehead atoms. The maximum Gasteiger partial charge on any atom is 0.276 e. The summed E-state index contributed by atoms with van der Waals surface area (Å²) in [7, 11) is 0. The predicted molar refractivity (Wildman–Crippen MR) is 136 cm³/mol. The van der Waals surface area contributed by atoms with Crippen LogP contribution in [0.3, 0.4) is 0 Å². The summed E-state index contributed by atoms with van der Waals surface area (Å²) in [5.41, 5.74) is 9.80. The topological polar surface area (TPSA) is 124 Å². The Morgan fingerprint density at radius 3 is 2.51 bits per heavy atom. The first-order chi connectivity index (χ1) is 17.1. The molecule has 1 saturated heterocycles. The molecule has 9 nitrogen and oxygen atoms in total. The molecule has 1 fully saturated rings. The van der Waals surface area contributed by atoms with Gasteiger partial charge >= 0.3 is 0 Å². The number of para-hydroxylation sites is 2. The van der Waals surface area contributed by atoms with Gasteiger partial charge in [0.15, 0.2) is 5.69 Å². The van der Waals surface area contributed by atoms with Gasteiger partial charge in [0.05, 0.1) is 22.4 Å². The molecule has 4 heterocycles. The molecule has 1 amide bonds. The van der Waals surface area contributed by atoms with E-state index in [0.717, 1.165) is 24.4 Å². The Labute approximate surface area is 200 Å². The third kappa shape index (κ3) is 3.67. The fourth-order valence-electron chi connectivity index (χ4n) is 4.59. The quantitative estimate of drug-likeness (QED) is 0.376. The van der Waals surface area contributed by atoms with Crippen LogP contribution in [0.2, 0.25) is 0 Å². The van der Waals surface area contributed by atoms with E-state index in [-0.39, 0.29) is 17.2 Å². The number of benzene rings is 2. The SMILES string of the molecule is Nc1c(-c2nc3ccccc3[nH]c2=O)[nH]c2ccc(C(=O)N3CCN(c4ccccn4)CC3)cc12. The van der Waals surface area contributed by atoms with E-state index in [2.05, 4.69) is 24.8 Å². The number of nitrogens with one attached hydrogen (secondary N) is 2. The zero-order valence-electron chi connectivity index (χ0n) is 18.9. The highest BCUT2D eigenvalue weighted by Gasteiger charge is 2.24. The Balaban J connectivity index is 1.28. The second-order valence-electron chi connectivity index (χ2n) is 8.57. The van der Waals surface area contributed by atoms with Crippen molar-refractivity contribution in [2.24, 2.45) is 0 Å². The van der Waals surface area contributed by atoms with Gasteiger partial charge in [-0.05, 0) is 42.5 Å². The number of hydrogen-bond donors (Lipinski definition) is 3. The number of fused-ring (bicyclic) bond motifs is 2. The number of carbonyl (C=O) groups is 1. The number of aromatic nitrogens is 4. The number of anilines is 2. The molecule has 0 aliphatic carbocycles. The molecule has 5 aromatic rings. The van der Waals surface area contributed by atoms with Gasteiger partial charge in [-0.15, -0.1) is 0 Å². The van der Waals surface area contributed by atoms with Gasteiger partial charge in [-0.3, -0.25) is 9.59 Å². The van der Waals surface area contributed by atoms with E-state index in [9.17, 15) is 9.59 Å². The van der Waals surface area contributed by atoms with Crippen molar-refractivity contribution in [3.8, 4) is 11.4 Å². The molecule has 174 valence electrons. The molecule has 1 aliphatic rings. The van der Waals surface area contributed by atoms with Crippen LogP contribution in [-0.2, 0) is 0 Å². The first kappa shape index (κ1) is 20.9. The van der Waals surface area contributed by atoms with Crippen LogP contribution < -0.4 is 16.2 Å². The predicted octanol–water partition coefficient (Wildman–Crippen LogP) is 3.01. The van der Waals surface area contributed by atoms with Gasteiger partial charge in [0.25, 0.3) is 11.5 Å². The van der Waals surface area contributed by atoms with Gasteiger partial charge in [0, 0.05) is 48.8 Å². The number of rotatable bonds is 3. The molecule has 35 heavy (non-hydrogen) atoms. The van der Waals surface area contributed by atoms with Crippen molar-refractivity contribution in [1.29, 1.82) is 0 Å². The summed E-state index contributed by atoms with van der Waals surface area (Å²) >= 11 is 0. The van der Waals surface area contributed by atoms with Gasteiger partial charge in [-0.2, -0.15) is 0 Å². The number of nitrogen functional groups attached to an aromatic ring is 1.